The first-order valence-corrected chi connectivity index (χ1v) is 1.31. The summed E-state index contributed by atoms with van der Waals surface area (Å²) in [6, 6.07) is 0. The zero-order valence-corrected chi connectivity index (χ0v) is 3.61. The summed E-state index contributed by atoms with van der Waals surface area (Å²) in [7, 11) is 0. The van der Waals surface area contributed by atoms with Crippen molar-refractivity contribution in [2.24, 2.45) is 0 Å². The van der Waals surface area contributed by atoms with Gasteiger partial charge in [-0.1, -0.05) is 0 Å². The standard InChI is InChI=1S/C2H2O4.K.H2O2.H/c3-1(4)2(5)6;;1-2;/h(H,3,4)(H,5,6);;1-2H;. The van der Waals surface area contributed by atoms with Crippen LogP contribution < -0.4 is 0 Å². The molecule has 9 heavy (non-hydrogen) atoms. The normalized spacial score (nSPS) is 5.56. The number of hydrogen-bond acceptors (Lipinski definition) is 4. The minimum absolute atomic E-state index is 0. The van der Waals surface area contributed by atoms with Crippen molar-refractivity contribution in [2.45, 2.75) is 0 Å². The van der Waals surface area contributed by atoms with Gasteiger partial charge < -0.3 is 10.2 Å². The summed E-state index contributed by atoms with van der Waals surface area (Å²) < 4.78 is 0. The molecule has 50 valence electrons. The van der Waals surface area contributed by atoms with Crippen molar-refractivity contribution in [3.63, 3.8) is 0 Å². The molecule has 0 spiro atoms. The van der Waals surface area contributed by atoms with E-state index in [0.717, 1.165) is 0 Å². The van der Waals surface area contributed by atoms with Crippen LogP contribution in [0.15, 0.2) is 0 Å². The maximum absolute atomic E-state index is 9.10. The predicted molar refractivity (Wildman–Crippen MR) is 27.7 cm³/mol. The molecule has 0 amide bonds. The van der Waals surface area contributed by atoms with Crippen LogP contribution in [0, 0.1) is 0 Å². The second-order valence-corrected chi connectivity index (χ2v) is 0.610. The average molecular weight is 164 g/mol. The van der Waals surface area contributed by atoms with Crippen molar-refractivity contribution in [2.75, 3.05) is 0 Å². The van der Waals surface area contributed by atoms with Crippen LogP contribution in [0.5, 0.6) is 0 Å². The summed E-state index contributed by atoms with van der Waals surface area (Å²) in [5.41, 5.74) is 0. The number of carboxylic acids is 2. The van der Waals surface area contributed by atoms with Crippen molar-refractivity contribution < 1.29 is 30.3 Å². The number of rotatable bonds is 0. The zero-order valence-electron chi connectivity index (χ0n) is 3.61. The summed E-state index contributed by atoms with van der Waals surface area (Å²) in [5.74, 6) is -3.65. The fourth-order valence-electron chi connectivity index (χ4n) is 0. The van der Waals surface area contributed by atoms with Crippen LogP contribution >= 0.6 is 0 Å². The Morgan fingerprint density at radius 1 is 0.889 bits per heavy atom. The van der Waals surface area contributed by atoms with E-state index in [1.54, 1.807) is 0 Å². The van der Waals surface area contributed by atoms with E-state index in [2.05, 4.69) is 0 Å². The summed E-state index contributed by atoms with van der Waals surface area (Å²) in [5, 5.41) is 26.8. The number of hydrogen-bond donors (Lipinski definition) is 4. The Morgan fingerprint density at radius 2 is 1.00 bits per heavy atom. The van der Waals surface area contributed by atoms with E-state index < -0.39 is 11.9 Å². The number of carboxylic acid groups (broad SMARTS) is 2. The van der Waals surface area contributed by atoms with Gasteiger partial charge in [-0.15, -0.1) is 0 Å². The molecule has 0 bridgehead atoms. The van der Waals surface area contributed by atoms with Gasteiger partial charge in [0, 0.05) is 0 Å². The first-order chi connectivity index (χ1) is 3.64. The zero-order chi connectivity index (χ0) is 7.15. The molecule has 0 aliphatic carbocycles. The Labute approximate surface area is 92.5 Å². The van der Waals surface area contributed by atoms with Gasteiger partial charge in [-0.3, -0.25) is 10.5 Å². The van der Waals surface area contributed by atoms with Crippen molar-refractivity contribution in [3.8, 4) is 0 Å². The molecule has 0 unspecified atom stereocenters. The predicted octanol–water partition coefficient (Wildman–Crippen LogP) is -1.48. The average Bonchev–Trinajstić information content (AvgIpc) is 1.72. The van der Waals surface area contributed by atoms with Gasteiger partial charge in [0.2, 0.25) is 0 Å². The molecule has 0 radical (unpaired) electrons. The Hall–Kier alpha value is 0.496. The molecule has 0 saturated carbocycles. The topological polar surface area (TPSA) is 115 Å². The van der Waals surface area contributed by atoms with Crippen molar-refractivity contribution in [1.29, 1.82) is 0 Å². The van der Waals surface area contributed by atoms with E-state index in [1.165, 1.54) is 0 Å². The van der Waals surface area contributed by atoms with Crippen LogP contribution in [0.3, 0.4) is 0 Å². The van der Waals surface area contributed by atoms with Gasteiger partial charge in [0.05, 0.1) is 0 Å². The summed E-state index contributed by atoms with van der Waals surface area (Å²) in [6.07, 6.45) is 0. The van der Waals surface area contributed by atoms with Crippen LogP contribution in [-0.2, 0) is 9.59 Å². The molecule has 7 heteroatoms. The molecule has 0 rings (SSSR count). The van der Waals surface area contributed by atoms with Gasteiger partial charge in [-0.05, 0) is 0 Å². The van der Waals surface area contributed by atoms with Gasteiger partial charge in [0.25, 0.3) is 0 Å². The van der Waals surface area contributed by atoms with Crippen molar-refractivity contribution in [3.05, 3.63) is 0 Å². The van der Waals surface area contributed by atoms with Crippen LogP contribution in [-0.4, -0.2) is 84.1 Å². The molecular weight excluding hydrogens is 159 g/mol. The third-order valence-corrected chi connectivity index (χ3v) is 0.183. The molecule has 0 saturated heterocycles. The first kappa shape index (κ1) is 16.2. The van der Waals surface area contributed by atoms with Crippen LogP contribution in [0.2, 0.25) is 0 Å². The van der Waals surface area contributed by atoms with E-state index in [4.69, 9.17) is 30.3 Å². The molecule has 0 aromatic rings. The molecule has 4 N–H and O–H groups in total. The number of carbonyl (C=O) groups is 2. The van der Waals surface area contributed by atoms with Crippen LogP contribution in [0.4, 0.5) is 0 Å². The maximum atomic E-state index is 9.10. The van der Waals surface area contributed by atoms with Crippen LogP contribution in [0.25, 0.3) is 0 Å². The first-order valence-electron chi connectivity index (χ1n) is 1.31. The molecule has 0 aromatic heterocycles. The second kappa shape index (κ2) is 11.3. The van der Waals surface area contributed by atoms with Gasteiger partial charge >= 0.3 is 63.3 Å². The quantitative estimate of drug-likeness (QED) is 0.150. The summed E-state index contributed by atoms with van der Waals surface area (Å²) in [4.78, 5) is 18.2. The monoisotopic (exact) mass is 164 g/mol. The van der Waals surface area contributed by atoms with E-state index in [-0.39, 0.29) is 51.4 Å². The van der Waals surface area contributed by atoms with Crippen LogP contribution in [0.1, 0.15) is 0 Å². The molecule has 0 fully saturated rings. The fourth-order valence-corrected chi connectivity index (χ4v) is 0. The van der Waals surface area contributed by atoms with Crippen molar-refractivity contribution in [1.82, 2.24) is 0 Å². The third-order valence-electron chi connectivity index (χ3n) is 0.183. The van der Waals surface area contributed by atoms with E-state index in [9.17, 15) is 0 Å². The molecular formula is C2H5KO6. The van der Waals surface area contributed by atoms with Gasteiger partial charge in [0.15, 0.2) is 0 Å². The molecule has 6 nitrogen and oxygen atoms in total. The van der Waals surface area contributed by atoms with E-state index >= 15 is 0 Å². The molecule has 0 aliphatic heterocycles. The third kappa shape index (κ3) is 17.7. The summed E-state index contributed by atoms with van der Waals surface area (Å²) in [6.45, 7) is 0. The van der Waals surface area contributed by atoms with E-state index in [1.807, 2.05) is 0 Å². The minimum atomic E-state index is -1.82. The number of aliphatic carboxylic acids is 2. The fraction of sp³-hybridized carbons (Fsp3) is 0. The Kier molecular flexibility index (Phi) is 20.4. The Morgan fingerprint density at radius 3 is 1.00 bits per heavy atom. The second-order valence-electron chi connectivity index (χ2n) is 0.610. The van der Waals surface area contributed by atoms with E-state index in [0.29, 0.717) is 0 Å². The van der Waals surface area contributed by atoms with Gasteiger partial charge in [-0.2, -0.15) is 0 Å². The van der Waals surface area contributed by atoms with Crippen molar-refractivity contribution >= 4 is 63.3 Å². The molecule has 0 heterocycles. The molecule has 0 aromatic carbocycles. The molecule has 0 atom stereocenters. The Balaban J connectivity index is -0.000000109. The SMILES string of the molecule is O=C(O)C(=O)O.OO.[KH]. The van der Waals surface area contributed by atoms with Gasteiger partial charge in [0.1, 0.15) is 0 Å². The Bertz CT molecular complexity index is 77.1. The summed E-state index contributed by atoms with van der Waals surface area (Å²) >= 11 is 0. The molecule has 0 aliphatic rings. The van der Waals surface area contributed by atoms with Gasteiger partial charge in [-0.25, -0.2) is 9.59 Å².